The number of hydrogen-bond donors (Lipinski definition) is 1. The van der Waals surface area contributed by atoms with Crippen molar-refractivity contribution in [1.29, 1.82) is 0 Å². The first-order valence-corrected chi connectivity index (χ1v) is 1.44. The Morgan fingerprint density at radius 2 is 2.29 bits per heavy atom. The van der Waals surface area contributed by atoms with E-state index >= 15 is 0 Å². The van der Waals surface area contributed by atoms with Gasteiger partial charge in [-0.2, -0.15) is 18.6 Å². The van der Waals surface area contributed by atoms with E-state index in [0.29, 0.717) is 0 Å². The van der Waals surface area contributed by atoms with Crippen molar-refractivity contribution in [1.82, 2.24) is 10.2 Å². The second-order valence-electron chi connectivity index (χ2n) is 0.766. The number of rotatable bonds is 0. The largest absolute Gasteiger partial charge is 1.00 e. The minimum Gasteiger partial charge on any atom is -1.00 e. The number of aromatic amines is 1. The Labute approximate surface area is 72.9 Å². The van der Waals surface area contributed by atoms with Crippen molar-refractivity contribution in [3.05, 3.63) is 18.5 Å². The fourth-order valence-corrected chi connectivity index (χ4v) is 0.215. The van der Waals surface area contributed by atoms with E-state index in [1.165, 1.54) is 0 Å². The van der Waals surface area contributed by atoms with Crippen molar-refractivity contribution in [2.45, 2.75) is 0 Å². The van der Waals surface area contributed by atoms with Crippen LogP contribution in [-0.2, 0) is 0 Å². The van der Waals surface area contributed by atoms with Crippen LogP contribution in [0.4, 0.5) is 0 Å². The molecule has 1 aromatic heterocycles. The molecule has 4 heteroatoms. The Kier molecular flexibility index (Phi) is 9.86. The van der Waals surface area contributed by atoms with Crippen LogP contribution in [0.1, 0.15) is 1.43 Å². The monoisotopic (exact) mass is 126 g/mol. The summed E-state index contributed by atoms with van der Waals surface area (Å²) in [5, 5.41) is 6.21. The van der Waals surface area contributed by atoms with Crippen LogP contribution in [0.3, 0.4) is 0 Å². The van der Waals surface area contributed by atoms with Crippen molar-refractivity contribution in [2.75, 3.05) is 0 Å². The Morgan fingerprint density at radius 3 is 2.43 bits per heavy atom. The molecule has 0 aliphatic carbocycles. The minimum absolute atomic E-state index is 0. The maximum Gasteiger partial charge on any atom is 1.00 e. The van der Waals surface area contributed by atoms with Crippen LogP contribution in [0, 0.1) is 0 Å². The van der Waals surface area contributed by atoms with E-state index in [4.69, 9.17) is 0 Å². The Hall–Kier alpha value is 0.560. The van der Waals surface area contributed by atoms with Gasteiger partial charge in [-0.25, -0.2) is 0 Å². The molecule has 1 aromatic rings. The SMILES string of the molecule is S.[H-].[Na+].c1cn[nH]c1. The van der Waals surface area contributed by atoms with Gasteiger partial charge >= 0.3 is 29.6 Å². The molecule has 2 nitrogen and oxygen atoms in total. The molecule has 0 spiro atoms. The van der Waals surface area contributed by atoms with Gasteiger partial charge in [0.1, 0.15) is 0 Å². The van der Waals surface area contributed by atoms with Gasteiger partial charge in [0.15, 0.2) is 0 Å². The molecule has 0 unspecified atom stereocenters. The number of aromatic nitrogens is 2. The Morgan fingerprint density at radius 1 is 1.57 bits per heavy atom. The number of nitrogens with one attached hydrogen (secondary N) is 1. The topological polar surface area (TPSA) is 28.7 Å². The van der Waals surface area contributed by atoms with Gasteiger partial charge in [0, 0.05) is 12.4 Å². The Balaban J connectivity index is -0.0000000833. The molecule has 0 aliphatic heterocycles. The van der Waals surface area contributed by atoms with Crippen molar-refractivity contribution in [2.24, 2.45) is 0 Å². The van der Waals surface area contributed by atoms with Gasteiger partial charge < -0.3 is 1.43 Å². The van der Waals surface area contributed by atoms with Crippen LogP contribution < -0.4 is 29.6 Å². The van der Waals surface area contributed by atoms with Crippen molar-refractivity contribution in [3.8, 4) is 0 Å². The summed E-state index contributed by atoms with van der Waals surface area (Å²) in [7, 11) is 0. The molecule has 0 saturated heterocycles. The van der Waals surface area contributed by atoms with Gasteiger partial charge in [0.05, 0.1) is 0 Å². The van der Waals surface area contributed by atoms with E-state index in [-0.39, 0.29) is 44.5 Å². The van der Waals surface area contributed by atoms with Crippen molar-refractivity contribution in [3.63, 3.8) is 0 Å². The first-order valence-electron chi connectivity index (χ1n) is 1.44. The van der Waals surface area contributed by atoms with Crippen LogP contribution in [0.2, 0.25) is 0 Å². The molecular weight excluding hydrogens is 119 g/mol. The molecule has 36 valence electrons. The number of nitrogens with zero attached hydrogens (tertiary/aromatic N) is 1. The van der Waals surface area contributed by atoms with E-state index in [0.717, 1.165) is 0 Å². The average Bonchev–Trinajstić information content (AvgIpc) is 1.76. The predicted molar refractivity (Wildman–Crippen MR) is 30.1 cm³/mol. The molecule has 1 rings (SSSR count). The third kappa shape index (κ3) is 4.41. The first kappa shape index (κ1) is 10.5. The number of hydrogen-bond acceptors (Lipinski definition) is 1. The maximum atomic E-state index is 3.60. The standard InChI is InChI=1S/C3H4N2.Na.H2S.H/c1-2-4-5-3-1;;;/h1-3H,(H,4,5);;1H2;/q;+1;;-1. The normalized spacial score (nSPS) is 5.71. The Bertz CT molecular complexity index is 73.8. The zero-order valence-corrected chi connectivity index (χ0v) is 7.18. The molecule has 0 aromatic carbocycles. The fraction of sp³-hybridized carbons (Fsp3) is 0. The van der Waals surface area contributed by atoms with Gasteiger partial charge in [-0.05, 0) is 6.07 Å². The van der Waals surface area contributed by atoms with Gasteiger partial charge in [-0.15, -0.1) is 0 Å². The zero-order chi connectivity index (χ0) is 3.54. The van der Waals surface area contributed by atoms with Crippen LogP contribution in [-0.4, -0.2) is 10.2 Å². The molecule has 1 N–H and O–H groups in total. The van der Waals surface area contributed by atoms with Gasteiger partial charge in [0.2, 0.25) is 0 Å². The molecule has 0 atom stereocenters. The molecule has 0 fully saturated rings. The summed E-state index contributed by atoms with van der Waals surface area (Å²) < 4.78 is 0. The van der Waals surface area contributed by atoms with Crippen LogP contribution in [0.5, 0.6) is 0 Å². The van der Waals surface area contributed by atoms with Crippen molar-refractivity contribution >= 4 is 13.5 Å². The van der Waals surface area contributed by atoms with E-state index < -0.39 is 0 Å². The summed E-state index contributed by atoms with van der Waals surface area (Å²) in [6, 6.07) is 1.83. The second kappa shape index (κ2) is 6.56. The van der Waals surface area contributed by atoms with Crippen LogP contribution in [0.15, 0.2) is 18.5 Å². The second-order valence-corrected chi connectivity index (χ2v) is 0.766. The molecule has 0 bridgehead atoms. The quantitative estimate of drug-likeness (QED) is 0.387. The predicted octanol–water partition coefficient (Wildman–Crippen LogP) is -2.36. The molecule has 0 saturated carbocycles. The van der Waals surface area contributed by atoms with E-state index in [2.05, 4.69) is 10.2 Å². The smallest absolute Gasteiger partial charge is 1.00 e. The minimum atomic E-state index is 0. The molecule has 1 heterocycles. The van der Waals surface area contributed by atoms with E-state index in [1.54, 1.807) is 12.4 Å². The van der Waals surface area contributed by atoms with Crippen LogP contribution >= 0.6 is 13.5 Å². The summed E-state index contributed by atoms with van der Waals surface area (Å²) in [4.78, 5) is 0. The summed E-state index contributed by atoms with van der Waals surface area (Å²) in [6.07, 6.45) is 3.46. The fourth-order valence-electron chi connectivity index (χ4n) is 0.215. The third-order valence-corrected chi connectivity index (χ3v) is 0.406. The van der Waals surface area contributed by atoms with E-state index in [9.17, 15) is 0 Å². The maximum absolute atomic E-state index is 3.60. The van der Waals surface area contributed by atoms with Gasteiger partial charge in [-0.3, -0.25) is 5.10 Å². The number of H-pyrrole nitrogens is 1. The first-order chi connectivity index (χ1) is 2.50. The van der Waals surface area contributed by atoms with Gasteiger partial charge in [-0.1, -0.05) is 0 Å². The summed E-state index contributed by atoms with van der Waals surface area (Å²) in [6.45, 7) is 0. The molecular formula is C3H7N2NaS. The van der Waals surface area contributed by atoms with Crippen molar-refractivity contribution < 1.29 is 31.0 Å². The summed E-state index contributed by atoms with van der Waals surface area (Å²) in [5.41, 5.74) is 0. The summed E-state index contributed by atoms with van der Waals surface area (Å²) in [5.74, 6) is 0. The van der Waals surface area contributed by atoms with E-state index in [1.807, 2.05) is 6.07 Å². The summed E-state index contributed by atoms with van der Waals surface area (Å²) >= 11 is 0. The molecule has 0 aliphatic rings. The zero-order valence-electron chi connectivity index (χ0n) is 5.18. The van der Waals surface area contributed by atoms with Gasteiger partial charge in [0.25, 0.3) is 0 Å². The third-order valence-electron chi connectivity index (χ3n) is 0.406. The molecule has 7 heavy (non-hydrogen) atoms. The van der Waals surface area contributed by atoms with Crippen LogP contribution in [0.25, 0.3) is 0 Å². The molecule has 0 amide bonds. The average molecular weight is 126 g/mol. The molecule has 0 radical (unpaired) electrons.